The van der Waals surface area contributed by atoms with Gasteiger partial charge in [0.1, 0.15) is 17.8 Å². The van der Waals surface area contributed by atoms with E-state index in [0.717, 1.165) is 17.2 Å². The number of pyridine rings is 1. The number of carbonyl (C=O) groups is 1. The summed E-state index contributed by atoms with van der Waals surface area (Å²) >= 11 is 1.46. The zero-order chi connectivity index (χ0) is 23.1. The number of rotatable bonds is 3. The van der Waals surface area contributed by atoms with Gasteiger partial charge in [-0.1, -0.05) is 39.0 Å². The second kappa shape index (κ2) is 8.16. The van der Waals surface area contributed by atoms with Crippen molar-refractivity contribution in [2.75, 3.05) is 9.62 Å². The summed E-state index contributed by atoms with van der Waals surface area (Å²) in [6.45, 7) is 6.75. The third-order valence-corrected chi connectivity index (χ3v) is 6.23. The fraction of sp³-hybridized carbons (Fsp3) is 0.250. The molecule has 0 saturated heterocycles. The van der Waals surface area contributed by atoms with Crippen molar-refractivity contribution in [3.63, 3.8) is 0 Å². The number of carbonyl (C=O) groups excluding carboxylic acids is 1. The average molecular weight is 458 g/mol. The molecule has 4 rings (SSSR count). The van der Waals surface area contributed by atoms with Crippen LogP contribution in [0.5, 0.6) is 0 Å². The summed E-state index contributed by atoms with van der Waals surface area (Å²) in [5.74, 6) is 0.158. The number of anilines is 3. The highest BCUT2D eigenvalue weighted by atomic mass is 32.2. The topological polar surface area (TPSA) is 45.2 Å². The van der Waals surface area contributed by atoms with E-state index in [4.69, 9.17) is 0 Å². The molecule has 0 fully saturated rings. The van der Waals surface area contributed by atoms with E-state index < -0.39 is 11.9 Å². The maximum absolute atomic E-state index is 13.2. The highest BCUT2D eigenvalue weighted by molar-refractivity contribution is 8.00. The van der Waals surface area contributed by atoms with Crippen molar-refractivity contribution >= 4 is 35.4 Å². The molecule has 2 aromatic carbocycles. The summed E-state index contributed by atoms with van der Waals surface area (Å²) in [4.78, 5) is 16.2. The molecular formula is C24H22F3N3OS. The number of hydrogen-bond acceptors (Lipinski definition) is 5. The largest absolute Gasteiger partial charge is 0.433 e. The number of aromatic nitrogens is 1. The molecule has 0 saturated carbocycles. The summed E-state index contributed by atoms with van der Waals surface area (Å²) < 4.78 is 41.5. The van der Waals surface area contributed by atoms with Gasteiger partial charge in [-0.2, -0.15) is 13.2 Å². The third kappa shape index (κ3) is 4.60. The third-order valence-electron chi connectivity index (χ3n) is 5.20. The van der Waals surface area contributed by atoms with Gasteiger partial charge in [-0.25, -0.2) is 4.98 Å². The van der Waals surface area contributed by atoms with Crippen molar-refractivity contribution in [3.05, 3.63) is 77.0 Å². The van der Waals surface area contributed by atoms with E-state index in [1.165, 1.54) is 23.6 Å². The van der Waals surface area contributed by atoms with Crippen LogP contribution in [-0.4, -0.2) is 11.3 Å². The minimum Gasteiger partial charge on any atom is -0.338 e. The summed E-state index contributed by atoms with van der Waals surface area (Å²) in [7, 11) is 0. The van der Waals surface area contributed by atoms with E-state index >= 15 is 0 Å². The number of aldehydes is 1. The highest BCUT2D eigenvalue weighted by Crippen LogP contribution is 2.42. The van der Waals surface area contributed by atoms with Crippen LogP contribution in [0.4, 0.5) is 30.4 Å². The van der Waals surface area contributed by atoms with Crippen LogP contribution in [0, 0.1) is 0 Å². The molecule has 0 radical (unpaired) electrons. The van der Waals surface area contributed by atoms with Gasteiger partial charge >= 0.3 is 6.18 Å². The second-order valence-corrected chi connectivity index (χ2v) is 9.72. The SMILES string of the molecule is CC(C)(C)c1ccc(SN2Cc3ccc(C(F)(F)F)nc3Nc3ccc(C=O)cc32)cc1. The van der Waals surface area contributed by atoms with Crippen molar-refractivity contribution < 1.29 is 18.0 Å². The van der Waals surface area contributed by atoms with E-state index in [-0.39, 0.29) is 11.2 Å². The van der Waals surface area contributed by atoms with Crippen LogP contribution in [-0.2, 0) is 18.1 Å². The Morgan fingerprint density at radius 2 is 1.75 bits per heavy atom. The first-order valence-electron chi connectivity index (χ1n) is 10.0. The number of hydrogen-bond donors (Lipinski definition) is 1. The number of alkyl halides is 3. The number of nitrogens with zero attached hydrogens (tertiary/aromatic N) is 2. The maximum atomic E-state index is 13.2. The molecule has 0 spiro atoms. The summed E-state index contributed by atoms with van der Waals surface area (Å²) in [6, 6.07) is 15.7. The first kappa shape index (κ1) is 22.2. The van der Waals surface area contributed by atoms with Gasteiger partial charge in [0.2, 0.25) is 0 Å². The molecule has 8 heteroatoms. The van der Waals surface area contributed by atoms with E-state index in [1.54, 1.807) is 18.2 Å². The van der Waals surface area contributed by atoms with Gasteiger partial charge in [0.25, 0.3) is 0 Å². The summed E-state index contributed by atoms with van der Waals surface area (Å²) in [5.41, 5.74) is 2.67. The van der Waals surface area contributed by atoms with E-state index in [0.29, 0.717) is 29.0 Å². The highest BCUT2D eigenvalue weighted by Gasteiger charge is 2.34. The van der Waals surface area contributed by atoms with Crippen molar-refractivity contribution in [3.8, 4) is 0 Å². The quantitative estimate of drug-likeness (QED) is 0.340. The van der Waals surface area contributed by atoms with Crippen LogP contribution in [0.15, 0.2) is 59.5 Å². The molecule has 1 aliphatic heterocycles. The molecule has 1 aliphatic rings. The van der Waals surface area contributed by atoms with Gasteiger partial charge in [0.05, 0.1) is 17.9 Å². The summed E-state index contributed by atoms with van der Waals surface area (Å²) in [5, 5.41) is 3.03. The molecule has 0 amide bonds. The molecule has 4 nitrogen and oxygen atoms in total. The molecule has 0 aliphatic carbocycles. The van der Waals surface area contributed by atoms with Gasteiger partial charge in [-0.15, -0.1) is 0 Å². The van der Waals surface area contributed by atoms with E-state index in [2.05, 4.69) is 43.2 Å². The lowest BCUT2D eigenvalue weighted by Gasteiger charge is -2.24. The number of halogens is 3. The molecular weight excluding hydrogens is 435 g/mol. The van der Waals surface area contributed by atoms with Crippen LogP contribution >= 0.6 is 11.9 Å². The van der Waals surface area contributed by atoms with Crippen LogP contribution in [0.2, 0.25) is 0 Å². The fourth-order valence-electron chi connectivity index (χ4n) is 3.41. The normalized spacial score (nSPS) is 13.6. The molecule has 32 heavy (non-hydrogen) atoms. The fourth-order valence-corrected chi connectivity index (χ4v) is 4.37. The Labute approximate surface area is 189 Å². The van der Waals surface area contributed by atoms with Crippen LogP contribution in [0.1, 0.15) is 48.0 Å². The number of fused-ring (bicyclic) bond motifs is 2. The molecule has 0 bridgehead atoms. The molecule has 0 atom stereocenters. The van der Waals surface area contributed by atoms with Crippen molar-refractivity contribution in [2.45, 2.75) is 43.8 Å². The Balaban J connectivity index is 1.74. The van der Waals surface area contributed by atoms with Crippen molar-refractivity contribution in [1.29, 1.82) is 0 Å². The zero-order valence-corrected chi connectivity index (χ0v) is 18.6. The van der Waals surface area contributed by atoms with Gasteiger partial charge in [-0.3, -0.25) is 4.79 Å². The Hall–Kier alpha value is -3.00. The zero-order valence-electron chi connectivity index (χ0n) is 17.8. The summed E-state index contributed by atoms with van der Waals surface area (Å²) in [6.07, 6.45) is -3.78. The smallest absolute Gasteiger partial charge is 0.338 e. The van der Waals surface area contributed by atoms with Gasteiger partial charge in [0, 0.05) is 16.0 Å². The van der Waals surface area contributed by atoms with Gasteiger partial charge in [-0.05, 0) is 59.3 Å². The molecule has 2 heterocycles. The number of benzene rings is 2. The van der Waals surface area contributed by atoms with Crippen molar-refractivity contribution in [1.82, 2.24) is 4.98 Å². The standard InChI is InChI=1S/C24H22F3N3OS/c1-23(2,3)17-6-8-18(9-7-17)32-30-13-16-5-11-21(24(25,26)27)29-22(16)28-19-10-4-15(14-31)12-20(19)30/h4-12,14H,13H2,1-3H3,(H,28,29). The molecule has 3 aromatic rings. The predicted octanol–water partition coefficient (Wildman–Crippen LogP) is 6.98. The van der Waals surface area contributed by atoms with Crippen LogP contribution in [0.25, 0.3) is 0 Å². The van der Waals surface area contributed by atoms with Crippen LogP contribution < -0.4 is 9.62 Å². The Morgan fingerprint density at radius 3 is 2.38 bits per heavy atom. The minimum atomic E-state index is -4.53. The Morgan fingerprint density at radius 1 is 1.03 bits per heavy atom. The molecule has 0 unspecified atom stereocenters. The van der Waals surface area contributed by atoms with Crippen molar-refractivity contribution in [2.24, 2.45) is 0 Å². The maximum Gasteiger partial charge on any atom is 0.433 e. The van der Waals surface area contributed by atoms with Gasteiger partial charge in [0.15, 0.2) is 0 Å². The average Bonchev–Trinajstić information content (AvgIpc) is 2.88. The van der Waals surface area contributed by atoms with E-state index in [1.807, 2.05) is 16.4 Å². The molecule has 1 N–H and O–H groups in total. The predicted molar refractivity (Wildman–Crippen MR) is 122 cm³/mol. The lowest BCUT2D eigenvalue weighted by molar-refractivity contribution is -0.141. The van der Waals surface area contributed by atoms with E-state index in [9.17, 15) is 18.0 Å². The first-order valence-corrected chi connectivity index (χ1v) is 10.8. The molecule has 166 valence electrons. The minimum absolute atomic E-state index is 0.0297. The monoisotopic (exact) mass is 457 g/mol. The Bertz CT molecular complexity index is 1150. The van der Waals surface area contributed by atoms with Gasteiger partial charge < -0.3 is 9.62 Å². The lowest BCUT2D eigenvalue weighted by Crippen LogP contribution is -2.14. The lowest BCUT2D eigenvalue weighted by atomic mass is 9.87. The van der Waals surface area contributed by atoms with Crippen LogP contribution in [0.3, 0.4) is 0 Å². The Kier molecular flexibility index (Phi) is 5.67. The number of nitrogens with one attached hydrogen (secondary N) is 1. The molecule has 1 aromatic heterocycles. The second-order valence-electron chi connectivity index (χ2n) is 8.62. The first-order chi connectivity index (χ1) is 15.0.